The molecule has 2 aromatic heterocycles. The van der Waals surface area contributed by atoms with Crippen LogP contribution in [-0.4, -0.2) is 26.2 Å². The molecule has 0 spiro atoms. The van der Waals surface area contributed by atoms with Gasteiger partial charge in [0.25, 0.3) is 0 Å². The Kier molecular flexibility index (Phi) is 5.90. The van der Waals surface area contributed by atoms with Crippen molar-refractivity contribution in [2.24, 2.45) is 0 Å². The number of anilines is 2. The van der Waals surface area contributed by atoms with E-state index in [9.17, 15) is 13.6 Å². The highest BCUT2D eigenvalue weighted by atomic mass is 19.1. The maximum absolute atomic E-state index is 14.4. The van der Waals surface area contributed by atoms with Crippen molar-refractivity contribution in [2.45, 2.75) is 26.3 Å². The Morgan fingerprint density at radius 3 is 2.66 bits per heavy atom. The van der Waals surface area contributed by atoms with E-state index in [1.807, 2.05) is 37.3 Å². The average Bonchev–Trinajstić information content (AvgIpc) is 3.12. The Bertz CT molecular complexity index is 1530. The summed E-state index contributed by atoms with van der Waals surface area (Å²) in [7, 11) is 1.58. The molecule has 1 aliphatic carbocycles. The highest BCUT2D eigenvalue weighted by Gasteiger charge is 2.22. The van der Waals surface area contributed by atoms with Crippen LogP contribution in [0.1, 0.15) is 24.0 Å². The van der Waals surface area contributed by atoms with Crippen molar-refractivity contribution in [3.63, 3.8) is 0 Å². The Balaban J connectivity index is 1.68. The fourth-order valence-corrected chi connectivity index (χ4v) is 4.15. The second-order valence-corrected chi connectivity index (χ2v) is 8.28. The molecule has 35 heavy (non-hydrogen) atoms. The number of benzene rings is 2. The zero-order valence-corrected chi connectivity index (χ0v) is 19.3. The third kappa shape index (κ3) is 4.32. The van der Waals surface area contributed by atoms with E-state index in [0.717, 1.165) is 17.0 Å². The van der Waals surface area contributed by atoms with Crippen LogP contribution < -0.4 is 11.0 Å². The summed E-state index contributed by atoms with van der Waals surface area (Å²) in [6.07, 6.45) is 6.56. The summed E-state index contributed by atoms with van der Waals surface area (Å²) >= 11 is 0. The Morgan fingerprint density at radius 2 is 1.91 bits per heavy atom. The highest BCUT2D eigenvalue weighted by molar-refractivity contribution is 5.79. The zero-order chi connectivity index (χ0) is 24.5. The Labute approximate surface area is 200 Å². The molecule has 0 amide bonds. The second kappa shape index (κ2) is 9.17. The third-order valence-electron chi connectivity index (χ3n) is 5.90. The molecule has 0 bridgehead atoms. The number of aryl methyl sites for hydroxylation is 1. The maximum atomic E-state index is 14.4. The minimum Gasteiger partial charge on any atom is -0.501 e. The average molecular weight is 475 g/mol. The molecule has 0 unspecified atom stereocenters. The van der Waals surface area contributed by atoms with Crippen LogP contribution in [0.4, 0.5) is 20.4 Å². The van der Waals surface area contributed by atoms with Gasteiger partial charge in [0.1, 0.15) is 17.2 Å². The van der Waals surface area contributed by atoms with Gasteiger partial charge in [-0.2, -0.15) is 4.98 Å². The molecule has 5 rings (SSSR count). The smallest absolute Gasteiger partial charge is 0.335 e. The molecule has 178 valence electrons. The Hall–Kier alpha value is -4.27. The lowest BCUT2D eigenvalue weighted by Gasteiger charge is -2.13. The minimum absolute atomic E-state index is 0.207. The number of hydrogen-bond acceptors (Lipinski definition) is 5. The van der Waals surface area contributed by atoms with Gasteiger partial charge in [0.2, 0.25) is 5.95 Å². The van der Waals surface area contributed by atoms with E-state index in [-0.39, 0.29) is 12.1 Å². The molecule has 0 fully saturated rings. The van der Waals surface area contributed by atoms with E-state index in [1.165, 1.54) is 33.5 Å². The number of aromatic nitrogens is 4. The van der Waals surface area contributed by atoms with Gasteiger partial charge in [-0.15, -0.1) is 0 Å². The fourth-order valence-electron chi connectivity index (χ4n) is 4.15. The number of allylic oxidation sites excluding steroid dienone is 4. The van der Waals surface area contributed by atoms with Gasteiger partial charge in [0.05, 0.1) is 31.3 Å². The van der Waals surface area contributed by atoms with Crippen LogP contribution in [0.25, 0.3) is 16.9 Å². The first-order valence-corrected chi connectivity index (χ1v) is 11.1. The van der Waals surface area contributed by atoms with E-state index in [1.54, 1.807) is 13.2 Å². The lowest BCUT2D eigenvalue weighted by atomic mass is 10.1. The lowest BCUT2D eigenvalue weighted by Crippen LogP contribution is -2.25. The molecule has 2 heterocycles. The number of halogens is 2. The summed E-state index contributed by atoms with van der Waals surface area (Å²) in [6, 6.07) is 11.3. The maximum Gasteiger partial charge on any atom is 0.335 e. The first-order chi connectivity index (χ1) is 16.9. The van der Waals surface area contributed by atoms with E-state index >= 15 is 0 Å². The zero-order valence-electron chi connectivity index (χ0n) is 19.3. The van der Waals surface area contributed by atoms with Crippen molar-refractivity contribution in [3.8, 4) is 0 Å². The van der Waals surface area contributed by atoms with Crippen LogP contribution in [0.3, 0.4) is 0 Å². The monoisotopic (exact) mass is 475 g/mol. The van der Waals surface area contributed by atoms with Crippen LogP contribution >= 0.6 is 0 Å². The largest absolute Gasteiger partial charge is 0.501 e. The molecule has 0 radical (unpaired) electrons. The van der Waals surface area contributed by atoms with Crippen LogP contribution in [0.2, 0.25) is 0 Å². The summed E-state index contributed by atoms with van der Waals surface area (Å²) in [6.45, 7) is 1.67. The Morgan fingerprint density at radius 1 is 1.14 bits per heavy atom. The molecule has 0 saturated heterocycles. The topological polar surface area (TPSA) is 74.0 Å². The molecule has 7 nitrogen and oxygen atoms in total. The number of fused-ring (bicyclic) bond motifs is 1. The van der Waals surface area contributed by atoms with Crippen LogP contribution in [-0.2, 0) is 11.3 Å². The van der Waals surface area contributed by atoms with Gasteiger partial charge in [-0.1, -0.05) is 24.3 Å². The molecule has 4 aromatic rings. The number of nitrogens with one attached hydrogen (secondary N) is 1. The summed E-state index contributed by atoms with van der Waals surface area (Å²) < 4.78 is 37.0. The van der Waals surface area contributed by atoms with Crippen LogP contribution in [0.5, 0.6) is 0 Å². The van der Waals surface area contributed by atoms with E-state index in [4.69, 9.17) is 4.74 Å². The molecular weight excluding hydrogens is 452 g/mol. The normalized spacial score (nSPS) is 13.5. The number of imidazole rings is 1. The summed E-state index contributed by atoms with van der Waals surface area (Å²) in [4.78, 5) is 22.6. The molecular formula is C26H23F2N5O2. The van der Waals surface area contributed by atoms with Gasteiger partial charge >= 0.3 is 5.69 Å². The van der Waals surface area contributed by atoms with E-state index < -0.39 is 17.3 Å². The summed E-state index contributed by atoms with van der Waals surface area (Å²) in [5.41, 5.74) is 2.42. The number of nitrogens with zero attached hydrogens (tertiary/aromatic N) is 4. The second-order valence-electron chi connectivity index (χ2n) is 8.28. The third-order valence-corrected chi connectivity index (χ3v) is 5.90. The quantitative estimate of drug-likeness (QED) is 0.418. The van der Waals surface area contributed by atoms with E-state index in [2.05, 4.69) is 15.3 Å². The highest BCUT2D eigenvalue weighted by Crippen LogP contribution is 2.25. The predicted molar refractivity (Wildman–Crippen MR) is 130 cm³/mol. The van der Waals surface area contributed by atoms with Crippen LogP contribution in [0, 0.1) is 18.6 Å². The fraction of sp³-hybridized carbons (Fsp3) is 0.192. The van der Waals surface area contributed by atoms with Gasteiger partial charge in [0.15, 0.2) is 5.65 Å². The molecule has 0 aliphatic heterocycles. The molecule has 0 saturated carbocycles. The first-order valence-electron chi connectivity index (χ1n) is 11.1. The van der Waals surface area contributed by atoms with Gasteiger partial charge < -0.3 is 10.1 Å². The number of rotatable bonds is 6. The van der Waals surface area contributed by atoms with Gasteiger partial charge in [0, 0.05) is 17.7 Å². The van der Waals surface area contributed by atoms with Crippen LogP contribution in [0.15, 0.2) is 71.4 Å². The summed E-state index contributed by atoms with van der Waals surface area (Å²) in [5.74, 6) is -0.439. The molecule has 2 aromatic carbocycles. The van der Waals surface area contributed by atoms with Crippen molar-refractivity contribution in [1.82, 2.24) is 19.1 Å². The molecule has 9 heteroatoms. The van der Waals surface area contributed by atoms with Gasteiger partial charge in [-0.3, -0.25) is 4.57 Å². The summed E-state index contributed by atoms with van der Waals surface area (Å²) in [5, 5.41) is 3.16. The number of methoxy groups -OCH3 is 1. The molecule has 1 aliphatic rings. The molecule has 0 atom stereocenters. The SMILES string of the molecule is COC1=CC(n2c(=O)n(Cc3c(F)cccc3F)c3cnc(Nc4cccc(C)c4)nc32)=CCC1. The standard InChI is InChI=1S/C26H23F2N5O2/c1-16-6-3-7-17(12-16)30-25-29-14-23-24(31-25)33(18-8-4-9-19(13-18)35-2)26(34)32(23)15-20-21(27)10-5-11-22(20)28/h3,5-8,10-14H,4,9,15H2,1-2H3,(H,29,30,31). The van der Waals surface area contributed by atoms with Crippen molar-refractivity contribution >= 4 is 28.5 Å². The van der Waals surface area contributed by atoms with Crippen molar-refractivity contribution in [2.75, 3.05) is 12.4 Å². The van der Waals surface area contributed by atoms with Gasteiger partial charge in [-0.25, -0.2) is 23.1 Å². The number of ether oxygens (including phenoxy) is 1. The van der Waals surface area contributed by atoms with Gasteiger partial charge in [-0.05, 0) is 49.2 Å². The van der Waals surface area contributed by atoms with Crippen molar-refractivity contribution < 1.29 is 13.5 Å². The minimum atomic E-state index is -0.727. The predicted octanol–water partition coefficient (Wildman–Crippen LogP) is 5.14. The van der Waals surface area contributed by atoms with Crippen molar-refractivity contribution in [3.05, 3.63) is 99.8 Å². The first kappa shape index (κ1) is 22.5. The van der Waals surface area contributed by atoms with Crippen molar-refractivity contribution in [1.29, 1.82) is 0 Å². The van der Waals surface area contributed by atoms with E-state index in [0.29, 0.717) is 35.7 Å². The lowest BCUT2D eigenvalue weighted by molar-refractivity contribution is 0.277. The molecule has 1 N–H and O–H groups in total. The number of hydrogen-bond donors (Lipinski definition) is 1.